The third-order valence-electron chi connectivity index (χ3n) is 2.98. The van der Waals surface area contributed by atoms with Crippen LogP contribution >= 0.6 is 15.9 Å². The number of benzene rings is 1. The zero-order valence-electron chi connectivity index (χ0n) is 9.90. The van der Waals surface area contributed by atoms with E-state index in [2.05, 4.69) is 27.3 Å². The maximum atomic E-state index is 11.5. The van der Waals surface area contributed by atoms with Gasteiger partial charge in [-0.05, 0) is 31.5 Å². The zero-order chi connectivity index (χ0) is 13.4. The Morgan fingerprint density at radius 3 is 2.72 bits per heavy atom. The van der Waals surface area contributed by atoms with Crippen LogP contribution in [0.4, 0.5) is 5.69 Å². The fraction of sp³-hybridized carbons (Fsp3) is 0.417. The van der Waals surface area contributed by atoms with Crippen molar-refractivity contribution in [2.75, 3.05) is 16.8 Å². The van der Waals surface area contributed by atoms with Gasteiger partial charge in [0.15, 0.2) is 9.84 Å². The van der Waals surface area contributed by atoms with Crippen molar-refractivity contribution in [3.63, 3.8) is 0 Å². The summed E-state index contributed by atoms with van der Waals surface area (Å²) in [6.07, 6.45) is 0.587. The number of anilines is 1. The number of nitrogens with one attached hydrogen (secondary N) is 1. The van der Waals surface area contributed by atoms with Crippen molar-refractivity contribution in [2.24, 2.45) is 0 Å². The Kier molecular flexibility index (Phi) is 3.39. The molecule has 6 heteroatoms. The lowest BCUT2D eigenvalue weighted by Gasteiger charge is -2.25. The second-order valence-corrected chi connectivity index (χ2v) is 7.97. The van der Waals surface area contributed by atoms with Crippen LogP contribution in [-0.2, 0) is 9.84 Å². The molecule has 18 heavy (non-hydrogen) atoms. The first-order chi connectivity index (χ1) is 8.32. The Hall–Kier alpha value is -1.06. The van der Waals surface area contributed by atoms with Crippen LogP contribution in [0.5, 0.6) is 0 Å². The molecule has 0 saturated carbocycles. The molecule has 0 spiro atoms. The van der Waals surface area contributed by atoms with Crippen molar-refractivity contribution >= 4 is 31.5 Å². The molecule has 0 radical (unpaired) electrons. The summed E-state index contributed by atoms with van der Waals surface area (Å²) in [6, 6.07) is 7.36. The van der Waals surface area contributed by atoms with Gasteiger partial charge in [-0.25, -0.2) is 8.42 Å². The van der Waals surface area contributed by atoms with Crippen molar-refractivity contribution in [1.82, 2.24) is 0 Å². The fourth-order valence-corrected chi connectivity index (χ4v) is 4.77. The molecule has 1 heterocycles. The van der Waals surface area contributed by atoms with Crippen LogP contribution in [0, 0.1) is 11.3 Å². The lowest BCUT2D eigenvalue weighted by molar-refractivity contribution is 0.574. The Bertz CT molecular complexity index is 621. The van der Waals surface area contributed by atoms with Gasteiger partial charge in [-0.15, -0.1) is 0 Å². The van der Waals surface area contributed by atoms with E-state index >= 15 is 0 Å². The number of nitriles is 1. The van der Waals surface area contributed by atoms with Crippen LogP contribution in [0.2, 0.25) is 0 Å². The molecule has 1 aliphatic rings. The fourth-order valence-electron chi connectivity index (χ4n) is 2.18. The standard InChI is InChI=1S/C12H13BrN2O2S/c1-12(2-3-18(16,17)8-12)15-11-5-9(7-14)4-10(13)6-11/h4-6,15H,2-3,8H2,1H3. The molecule has 0 bridgehead atoms. The average molecular weight is 329 g/mol. The molecule has 1 aliphatic heterocycles. The number of halogens is 1. The topological polar surface area (TPSA) is 70.0 Å². The molecule has 1 atom stereocenters. The molecule has 4 nitrogen and oxygen atoms in total. The molecule has 1 unspecified atom stereocenters. The largest absolute Gasteiger partial charge is 0.379 e. The Morgan fingerprint density at radius 2 is 2.17 bits per heavy atom. The quantitative estimate of drug-likeness (QED) is 0.904. The van der Waals surface area contributed by atoms with Crippen molar-refractivity contribution < 1.29 is 8.42 Å². The van der Waals surface area contributed by atoms with Gasteiger partial charge in [0.05, 0.1) is 23.1 Å². The minimum absolute atomic E-state index is 0.133. The van der Waals surface area contributed by atoms with Crippen LogP contribution in [0.25, 0.3) is 0 Å². The zero-order valence-corrected chi connectivity index (χ0v) is 12.3. The molecule has 1 aromatic rings. The Balaban J connectivity index is 2.25. The van der Waals surface area contributed by atoms with Crippen LogP contribution < -0.4 is 5.32 Å². The highest BCUT2D eigenvalue weighted by molar-refractivity contribution is 9.10. The molecule has 1 aromatic carbocycles. The molecule has 2 rings (SSSR count). The minimum Gasteiger partial charge on any atom is -0.379 e. The van der Waals surface area contributed by atoms with Crippen molar-refractivity contribution in [3.8, 4) is 6.07 Å². The van der Waals surface area contributed by atoms with E-state index in [0.717, 1.165) is 10.2 Å². The Labute approximate surface area is 115 Å². The lowest BCUT2D eigenvalue weighted by atomic mass is 10.0. The summed E-state index contributed by atoms with van der Waals surface area (Å²) in [7, 11) is -2.94. The van der Waals surface area contributed by atoms with E-state index < -0.39 is 15.4 Å². The van der Waals surface area contributed by atoms with Gasteiger partial charge >= 0.3 is 0 Å². The highest BCUT2D eigenvalue weighted by Crippen LogP contribution is 2.29. The van der Waals surface area contributed by atoms with Crippen LogP contribution in [0.3, 0.4) is 0 Å². The molecule has 0 amide bonds. The summed E-state index contributed by atoms with van der Waals surface area (Å²) in [5.74, 6) is 0.351. The van der Waals surface area contributed by atoms with Gasteiger partial charge in [0, 0.05) is 15.7 Å². The van der Waals surface area contributed by atoms with Crippen molar-refractivity contribution in [2.45, 2.75) is 18.9 Å². The number of nitrogens with zero attached hydrogens (tertiary/aromatic N) is 1. The highest BCUT2D eigenvalue weighted by atomic mass is 79.9. The molecule has 0 aromatic heterocycles. The van der Waals surface area contributed by atoms with Gasteiger partial charge in [-0.1, -0.05) is 15.9 Å². The smallest absolute Gasteiger partial charge is 0.152 e. The number of rotatable bonds is 2. The Morgan fingerprint density at radius 1 is 1.44 bits per heavy atom. The summed E-state index contributed by atoms with van der Waals surface area (Å²) in [5, 5.41) is 12.1. The lowest BCUT2D eigenvalue weighted by Crippen LogP contribution is -2.35. The predicted molar refractivity (Wildman–Crippen MR) is 74.2 cm³/mol. The van der Waals surface area contributed by atoms with Gasteiger partial charge in [0.1, 0.15) is 0 Å². The SMILES string of the molecule is CC1(Nc2cc(Br)cc(C#N)c2)CCS(=O)(=O)C1. The van der Waals surface area contributed by atoms with Gasteiger partial charge in [0.2, 0.25) is 0 Å². The average Bonchev–Trinajstić information content (AvgIpc) is 2.51. The second kappa shape index (κ2) is 4.56. The van der Waals surface area contributed by atoms with E-state index in [1.54, 1.807) is 12.1 Å². The molecule has 1 fully saturated rings. The summed E-state index contributed by atoms with van der Waals surface area (Å²) in [6.45, 7) is 1.89. The summed E-state index contributed by atoms with van der Waals surface area (Å²) in [4.78, 5) is 0. The van der Waals surface area contributed by atoms with Gasteiger partial charge in [0.25, 0.3) is 0 Å². The summed E-state index contributed by atoms with van der Waals surface area (Å²) >= 11 is 3.33. The van der Waals surface area contributed by atoms with Crippen LogP contribution in [-0.4, -0.2) is 25.5 Å². The number of hydrogen-bond donors (Lipinski definition) is 1. The minimum atomic E-state index is -2.94. The van der Waals surface area contributed by atoms with E-state index in [1.165, 1.54) is 0 Å². The molecular formula is C12H13BrN2O2S. The second-order valence-electron chi connectivity index (χ2n) is 4.87. The third-order valence-corrected chi connectivity index (χ3v) is 5.34. The first-order valence-electron chi connectivity index (χ1n) is 5.51. The molecule has 0 aliphatic carbocycles. The summed E-state index contributed by atoms with van der Waals surface area (Å²) in [5.41, 5.74) is 0.851. The van der Waals surface area contributed by atoms with Gasteiger partial charge in [-0.2, -0.15) is 5.26 Å². The van der Waals surface area contributed by atoms with E-state index in [4.69, 9.17) is 5.26 Å². The van der Waals surface area contributed by atoms with E-state index in [0.29, 0.717) is 12.0 Å². The number of hydrogen-bond acceptors (Lipinski definition) is 4. The van der Waals surface area contributed by atoms with Crippen LogP contribution in [0.15, 0.2) is 22.7 Å². The third kappa shape index (κ3) is 3.03. The molecule has 96 valence electrons. The predicted octanol–water partition coefficient (Wildman–Crippen LogP) is 2.31. The van der Waals surface area contributed by atoms with E-state index in [9.17, 15) is 8.42 Å². The van der Waals surface area contributed by atoms with Crippen molar-refractivity contribution in [3.05, 3.63) is 28.2 Å². The number of sulfone groups is 1. The normalized spacial score (nSPS) is 25.6. The van der Waals surface area contributed by atoms with E-state index in [1.807, 2.05) is 13.0 Å². The first kappa shape index (κ1) is 13.4. The van der Waals surface area contributed by atoms with Gasteiger partial charge < -0.3 is 5.32 Å². The maximum absolute atomic E-state index is 11.5. The molecular weight excluding hydrogens is 316 g/mol. The highest BCUT2D eigenvalue weighted by Gasteiger charge is 2.38. The maximum Gasteiger partial charge on any atom is 0.152 e. The molecule has 1 N–H and O–H groups in total. The monoisotopic (exact) mass is 328 g/mol. The first-order valence-corrected chi connectivity index (χ1v) is 8.13. The van der Waals surface area contributed by atoms with Gasteiger partial charge in [-0.3, -0.25) is 0 Å². The van der Waals surface area contributed by atoms with E-state index in [-0.39, 0.29) is 11.5 Å². The molecule has 1 saturated heterocycles. The summed E-state index contributed by atoms with van der Waals surface area (Å²) < 4.78 is 23.8. The van der Waals surface area contributed by atoms with Crippen molar-refractivity contribution in [1.29, 1.82) is 5.26 Å². The van der Waals surface area contributed by atoms with Crippen LogP contribution in [0.1, 0.15) is 18.9 Å².